The van der Waals surface area contributed by atoms with Crippen molar-refractivity contribution in [1.82, 2.24) is 36.9 Å². The Bertz CT molecular complexity index is 2550. The molecule has 0 radical (unpaired) electrons. The second-order valence-electron chi connectivity index (χ2n) is 18.4. The molecule has 0 saturated carbocycles. The van der Waals surface area contributed by atoms with Gasteiger partial charge in [0.05, 0.1) is 24.5 Å². The zero-order valence-electron chi connectivity index (χ0n) is 41.5. The fraction of sp³-hybridized carbons (Fsp3) is 0.471. The SMILES string of the molecule is CCCC[C@H](NC(=O)[C@H](Cc1ccc(S(=O)(=O)O)cc1)NC(=O)OC(C)(C)C)C(=O)NCC(=O)N[C@H](Cc1c[nH]c2ccccc12)C(=O)N[C@@H](CCCC)C(=O)NC(CCCOc1ccccc1)CC(=O)O. The van der Waals surface area contributed by atoms with E-state index in [1.807, 2.05) is 56.3 Å². The van der Waals surface area contributed by atoms with Gasteiger partial charge in [0.15, 0.2) is 0 Å². The number of hydrogen-bond acceptors (Lipinski definition) is 11. The number of carbonyl (C=O) groups is 7. The van der Waals surface area contributed by atoms with E-state index in [9.17, 15) is 51.6 Å². The molecule has 0 aliphatic rings. The number of aromatic amines is 1. The van der Waals surface area contributed by atoms with Gasteiger partial charge < -0.3 is 51.5 Å². The van der Waals surface area contributed by atoms with Crippen LogP contribution in [0.3, 0.4) is 0 Å². The third-order valence-corrected chi connectivity index (χ3v) is 12.1. The van der Waals surface area contributed by atoms with E-state index in [2.05, 4.69) is 36.9 Å². The van der Waals surface area contributed by atoms with Gasteiger partial charge in [-0.2, -0.15) is 8.42 Å². The largest absolute Gasteiger partial charge is 0.494 e. The summed E-state index contributed by atoms with van der Waals surface area (Å²) >= 11 is 0. The first-order valence-electron chi connectivity index (χ1n) is 24.1. The summed E-state index contributed by atoms with van der Waals surface area (Å²) in [6.45, 7) is 8.34. The van der Waals surface area contributed by atoms with Crippen molar-refractivity contribution in [3.8, 4) is 5.75 Å². The molecule has 4 aromatic rings. The monoisotopic (exact) mass is 1020 g/mol. The van der Waals surface area contributed by atoms with E-state index in [4.69, 9.17) is 9.47 Å². The molecule has 0 bridgehead atoms. The van der Waals surface area contributed by atoms with Crippen molar-refractivity contribution in [2.24, 2.45) is 0 Å². The maximum absolute atomic E-state index is 14.3. The van der Waals surface area contributed by atoms with Gasteiger partial charge in [-0.05, 0) is 87.9 Å². The number of hydrogen-bond donors (Lipinski definition) is 9. The van der Waals surface area contributed by atoms with E-state index in [1.165, 1.54) is 12.1 Å². The maximum Gasteiger partial charge on any atom is 0.408 e. The number of benzene rings is 3. The van der Waals surface area contributed by atoms with Crippen molar-refractivity contribution in [3.05, 3.63) is 96.2 Å². The molecule has 0 fully saturated rings. The van der Waals surface area contributed by atoms with Crippen LogP contribution in [0, 0.1) is 0 Å². The van der Waals surface area contributed by atoms with Crippen molar-refractivity contribution in [2.75, 3.05) is 13.2 Å². The molecule has 72 heavy (non-hydrogen) atoms. The average Bonchev–Trinajstić information content (AvgIpc) is 3.73. The standard InChI is InChI=1S/C51H69N7O13S/c1-6-8-20-40(56-48(64)42(58-50(66)71-51(3,4)5)28-33-23-25-37(26-24-33)72(67,68)69)46(62)53-32-44(59)55-43(29-34-31-52-39-22-14-13-19-38(34)39)49(65)57-41(21-9-7-2)47(63)54-35(30-45(60)61)16-15-27-70-36-17-11-10-12-18-36/h10-14,17-19,22-26,31,35,40-43,52H,6-9,15-16,20-21,27-30,32H2,1-5H3,(H,53,62)(H,54,63)(H,55,59)(H,56,64)(H,57,65)(H,58,66)(H,60,61)(H,67,68,69)/t35?,40-,41-,42-,43+/m0/s1. The molecular weight excluding hydrogens is 951 g/mol. The van der Waals surface area contributed by atoms with E-state index in [1.54, 1.807) is 39.1 Å². The summed E-state index contributed by atoms with van der Waals surface area (Å²) in [6, 6.07) is 15.8. The lowest BCUT2D eigenvalue weighted by molar-refractivity contribution is -0.138. The average molecular weight is 1020 g/mol. The Balaban J connectivity index is 1.49. The zero-order chi connectivity index (χ0) is 52.8. The zero-order valence-corrected chi connectivity index (χ0v) is 42.3. The highest BCUT2D eigenvalue weighted by Crippen LogP contribution is 2.20. The molecule has 3 aromatic carbocycles. The molecule has 5 atom stereocenters. The van der Waals surface area contributed by atoms with Crippen LogP contribution in [0.1, 0.15) is 104 Å². The molecule has 21 heteroatoms. The van der Waals surface area contributed by atoms with Gasteiger partial charge in [0, 0.05) is 36.0 Å². The number of aliphatic carboxylic acids is 1. The van der Waals surface area contributed by atoms with Gasteiger partial charge >= 0.3 is 12.1 Å². The second kappa shape index (κ2) is 28.1. The molecule has 1 unspecified atom stereocenters. The summed E-state index contributed by atoms with van der Waals surface area (Å²) in [5.74, 6) is -4.05. The Morgan fingerprint density at radius 2 is 1.25 bits per heavy atom. The van der Waals surface area contributed by atoms with Gasteiger partial charge in [0.2, 0.25) is 29.5 Å². The second-order valence-corrected chi connectivity index (χ2v) is 19.9. The number of nitrogens with one attached hydrogen (secondary N) is 7. The van der Waals surface area contributed by atoms with Crippen LogP contribution >= 0.6 is 0 Å². The number of aromatic nitrogens is 1. The number of carboxylic acids is 1. The highest BCUT2D eigenvalue weighted by molar-refractivity contribution is 7.85. The number of carbonyl (C=O) groups excluding carboxylic acids is 6. The molecule has 1 heterocycles. The summed E-state index contributed by atoms with van der Waals surface area (Å²) in [4.78, 5) is 97.1. The molecule has 1 aromatic heterocycles. The van der Waals surface area contributed by atoms with Crippen molar-refractivity contribution >= 4 is 62.6 Å². The lowest BCUT2D eigenvalue weighted by Crippen LogP contribution is -2.57. The van der Waals surface area contributed by atoms with E-state index in [-0.39, 0.29) is 50.0 Å². The Labute approximate surface area is 420 Å². The minimum absolute atomic E-state index is 0.0273. The van der Waals surface area contributed by atoms with E-state index in [0.29, 0.717) is 49.0 Å². The van der Waals surface area contributed by atoms with Gasteiger partial charge in [0.1, 0.15) is 35.5 Å². The molecule has 4 rings (SSSR count). The number of rotatable bonds is 29. The molecule has 6 amide bonds. The first kappa shape index (κ1) is 57.6. The normalized spacial score (nSPS) is 13.6. The summed E-state index contributed by atoms with van der Waals surface area (Å²) in [7, 11) is -4.50. The number of amides is 6. The van der Waals surface area contributed by atoms with Gasteiger partial charge in [-0.15, -0.1) is 0 Å². The summed E-state index contributed by atoms with van der Waals surface area (Å²) in [6.07, 6.45) is 3.61. The minimum atomic E-state index is -4.50. The van der Waals surface area contributed by atoms with Gasteiger partial charge in [0.25, 0.3) is 10.1 Å². The topological polar surface area (TPSA) is 301 Å². The third kappa shape index (κ3) is 20.0. The lowest BCUT2D eigenvalue weighted by atomic mass is 10.0. The Morgan fingerprint density at radius 1 is 0.667 bits per heavy atom. The molecule has 0 spiro atoms. The minimum Gasteiger partial charge on any atom is -0.494 e. The number of carboxylic acid groups (broad SMARTS) is 1. The molecule has 20 nitrogen and oxygen atoms in total. The number of unbranched alkanes of at least 4 members (excludes halogenated alkanes) is 2. The summed E-state index contributed by atoms with van der Waals surface area (Å²) in [5.41, 5.74) is 0.925. The van der Waals surface area contributed by atoms with Crippen molar-refractivity contribution in [1.29, 1.82) is 0 Å². The number of H-pyrrole nitrogens is 1. The highest BCUT2D eigenvalue weighted by Gasteiger charge is 2.32. The van der Waals surface area contributed by atoms with Crippen molar-refractivity contribution in [3.63, 3.8) is 0 Å². The Morgan fingerprint density at radius 3 is 1.85 bits per heavy atom. The molecule has 0 saturated heterocycles. The van der Waals surface area contributed by atoms with Crippen molar-refractivity contribution < 1.29 is 61.1 Å². The number of para-hydroxylation sites is 2. The van der Waals surface area contributed by atoms with Crippen LogP contribution in [0.4, 0.5) is 4.79 Å². The van der Waals surface area contributed by atoms with Gasteiger partial charge in [-0.1, -0.05) is 88.1 Å². The highest BCUT2D eigenvalue weighted by atomic mass is 32.2. The number of ether oxygens (including phenoxy) is 2. The first-order valence-corrected chi connectivity index (χ1v) is 25.6. The number of fused-ring (bicyclic) bond motifs is 1. The van der Waals surface area contributed by atoms with E-state index < -0.39 is 94.1 Å². The van der Waals surface area contributed by atoms with Crippen LogP contribution in [0.25, 0.3) is 10.9 Å². The Hall–Kier alpha value is -7.00. The van der Waals surface area contributed by atoms with E-state index >= 15 is 0 Å². The molecule has 0 aliphatic heterocycles. The van der Waals surface area contributed by atoms with Crippen LogP contribution in [0.5, 0.6) is 5.75 Å². The van der Waals surface area contributed by atoms with Crippen LogP contribution in [0.2, 0.25) is 0 Å². The number of alkyl carbamates (subject to hydrolysis) is 1. The summed E-state index contributed by atoms with van der Waals surface area (Å²) in [5, 5.41) is 26.5. The molecular formula is C51H69N7O13S. The van der Waals surface area contributed by atoms with Crippen molar-refractivity contribution in [2.45, 2.75) is 146 Å². The van der Waals surface area contributed by atoms with Crippen LogP contribution < -0.4 is 36.6 Å². The molecule has 0 aliphatic carbocycles. The maximum atomic E-state index is 14.3. The predicted octanol–water partition coefficient (Wildman–Crippen LogP) is 4.86. The van der Waals surface area contributed by atoms with E-state index in [0.717, 1.165) is 23.0 Å². The Kier molecular flexibility index (Phi) is 22.5. The van der Waals surface area contributed by atoms with Gasteiger partial charge in [-0.3, -0.25) is 33.3 Å². The fourth-order valence-electron chi connectivity index (χ4n) is 7.63. The first-order chi connectivity index (χ1) is 34.1. The van der Waals surface area contributed by atoms with Crippen LogP contribution in [0.15, 0.2) is 90.0 Å². The molecule has 9 N–H and O–H groups in total. The third-order valence-electron chi connectivity index (χ3n) is 11.3. The van der Waals surface area contributed by atoms with Gasteiger partial charge in [-0.25, -0.2) is 4.79 Å². The lowest BCUT2D eigenvalue weighted by Gasteiger charge is -2.26. The quantitative estimate of drug-likeness (QED) is 0.0260. The molecule has 392 valence electrons. The predicted molar refractivity (Wildman–Crippen MR) is 268 cm³/mol. The fourth-order valence-corrected chi connectivity index (χ4v) is 8.11. The summed E-state index contributed by atoms with van der Waals surface area (Å²) < 4.78 is 43.8. The van der Waals surface area contributed by atoms with Crippen LogP contribution in [-0.4, -0.2) is 114 Å². The smallest absolute Gasteiger partial charge is 0.408 e. The van der Waals surface area contributed by atoms with Crippen LogP contribution in [-0.2, 0) is 56.5 Å².